The van der Waals surface area contributed by atoms with Crippen molar-refractivity contribution in [1.82, 2.24) is 19.4 Å². The summed E-state index contributed by atoms with van der Waals surface area (Å²) in [4.78, 5) is 11.3. The number of benzene rings is 1. The molecule has 1 aliphatic heterocycles. The van der Waals surface area contributed by atoms with E-state index in [0.29, 0.717) is 5.69 Å². The maximum Gasteiger partial charge on any atom is 0.246 e. The number of nitrogens with one attached hydrogen (secondary N) is 1. The van der Waals surface area contributed by atoms with Gasteiger partial charge in [0.1, 0.15) is 10.7 Å². The lowest BCUT2D eigenvalue weighted by Gasteiger charge is -2.32. The summed E-state index contributed by atoms with van der Waals surface area (Å²) in [6.07, 6.45) is 1.65. The lowest BCUT2D eigenvalue weighted by Crippen LogP contribution is -2.42. The van der Waals surface area contributed by atoms with Gasteiger partial charge in [-0.1, -0.05) is 12.1 Å². The smallest absolute Gasteiger partial charge is 0.246 e. The molecule has 0 spiro atoms. The van der Waals surface area contributed by atoms with Crippen molar-refractivity contribution in [3.05, 3.63) is 48.0 Å². The van der Waals surface area contributed by atoms with E-state index >= 15 is 0 Å². The fourth-order valence-electron chi connectivity index (χ4n) is 2.80. The number of carbonyl (C=O) groups excluding carboxylic acids is 1. The SMILES string of the molecule is CNC(=O)CC1CN(S(=O)(=O)c2ccccc2F)Cc2ccnn21. The molecule has 128 valence electrons. The van der Waals surface area contributed by atoms with Gasteiger partial charge in [0.25, 0.3) is 0 Å². The maximum absolute atomic E-state index is 14.0. The number of hydrogen-bond acceptors (Lipinski definition) is 4. The number of sulfonamides is 1. The van der Waals surface area contributed by atoms with Crippen molar-refractivity contribution in [2.45, 2.75) is 23.9 Å². The minimum Gasteiger partial charge on any atom is -0.359 e. The summed E-state index contributed by atoms with van der Waals surface area (Å²) in [6.45, 7) is 0.139. The molecule has 0 saturated heterocycles. The zero-order valence-corrected chi connectivity index (χ0v) is 13.8. The highest BCUT2D eigenvalue weighted by molar-refractivity contribution is 7.89. The van der Waals surface area contributed by atoms with Gasteiger partial charge < -0.3 is 5.32 Å². The topological polar surface area (TPSA) is 84.3 Å². The van der Waals surface area contributed by atoms with Crippen molar-refractivity contribution in [2.24, 2.45) is 0 Å². The molecule has 1 aromatic carbocycles. The largest absolute Gasteiger partial charge is 0.359 e. The Morgan fingerprint density at radius 1 is 1.38 bits per heavy atom. The molecule has 2 heterocycles. The van der Waals surface area contributed by atoms with E-state index in [2.05, 4.69) is 10.4 Å². The van der Waals surface area contributed by atoms with E-state index < -0.39 is 21.9 Å². The van der Waals surface area contributed by atoms with E-state index in [4.69, 9.17) is 0 Å². The van der Waals surface area contributed by atoms with E-state index in [9.17, 15) is 17.6 Å². The van der Waals surface area contributed by atoms with Crippen LogP contribution in [0, 0.1) is 5.82 Å². The second-order valence-electron chi connectivity index (χ2n) is 5.53. The summed E-state index contributed by atoms with van der Waals surface area (Å²) in [5.74, 6) is -1.01. The quantitative estimate of drug-likeness (QED) is 0.886. The van der Waals surface area contributed by atoms with Gasteiger partial charge in [-0.2, -0.15) is 9.40 Å². The third-order valence-corrected chi connectivity index (χ3v) is 5.85. The Bertz CT molecular complexity index is 865. The van der Waals surface area contributed by atoms with Crippen molar-refractivity contribution in [1.29, 1.82) is 0 Å². The molecule has 1 unspecified atom stereocenters. The summed E-state index contributed by atoms with van der Waals surface area (Å²) in [5.41, 5.74) is 0.662. The molecule has 1 amide bonds. The molecule has 1 atom stereocenters. The van der Waals surface area contributed by atoms with Gasteiger partial charge in [-0.15, -0.1) is 0 Å². The van der Waals surface area contributed by atoms with Crippen LogP contribution in [0.1, 0.15) is 18.2 Å². The minimum absolute atomic E-state index is 0.0543. The van der Waals surface area contributed by atoms with Crippen LogP contribution in [-0.4, -0.2) is 42.0 Å². The number of nitrogens with zero attached hydrogens (tertiary/aromatic N) is 3. The lowest BCUT2D eigenvalue weighted by atomic mass is 10.1. The van der Waals surface area contributed by atoms with E-state index in [1.807, 2.05) is 0 Å². The van der Waals surface area contributed by atoms with Crippen LogP contribution in [0.25, 0.3) is 0 Å². The first-order valence-corrected chi connectivity index (χ1v) is 8.85. The second kappa shape index (κ2) is 6.33. The van der Waals surface area contributed by atoms with Crippen LogP contribution in [0.4, 0.5) is 4.39 Å². The summed E-state index contributed by atoms with van der Waals surface area (Å²) in [7, 11) is -2.49. The highest BCUT2D eigenvalue weighted by Crippen LogP contribution is 2.28. The van der Waals surface area contributed by atoms with Crippen molar-refractivity contribution >= 4 is 15.9 Å². The number of rotatable bonds is 4. The van der Waals surface area contributed by atoms with E-state index in [-0.39, 0.29) is 30.3 Å². The highest BCUT2D eigenvalue weighted by Gasteiger charge is 2.35. The van der Waals surface area contributed by atoms with Crippen LogP contribution >= 0.6 is 0 Å². The van der Waals surface area contributed by atoms with Gasteiger partial charge in [0.15, 0.2) is 0 Å². The van der Waals surface area contributed by atoms with Gasteiger partial charge >= 0.3 is 0 Å². The molecule has 0 saturated carbocycles. The summed E-state index contributed by atoms with van der Waals surface area (Å²) in [6, 6.07) is 6.53. The molecule has 9 heteroatoms. The molecule has 1 aliphatic rings. The summed E-state index contributed by atoms with van der Waals surface area (Å²) >= 11 is 0. The van der Waals surface area contributed by atoms with E-state index in [1.165, 1.54) is 29.6 Å². The Morgan fingerprint density at radius 2 is 2.12 bits per heavy atom. The summed E-state index contributed by atoms with van der Waals surface area (Å²) < 4.78 is 42.4. The minimum atomic E-state index is -4.00. The fraction of sp³-hybridized carbons (Fsp3) is 0.333. The maximum atomic E-state index is 14.0. The zero-order chi connectivity index (χ0) is 17.3. The van der Waals surface area contributed by atoms with E-state index in [1.54, 1.807) is 16.9 Å². The zero-order valence-electron chi connectivity index (χ0n) is 13.0. The molecular weight excluding hydrogens is 335 g/mol. The Morgan fingerprint density at radius 3 is 2.83 bits per heavy atom. The average molecular weight is 352 g/mol. The van der Waals surface area contributed by atoms with Gasteiger partial charge in [-0.3, -0.25) is 9.48 Å². The number of fused-ring (bicyclic) bond motifs is 1. The van der Waals surface area contributed by atoms with Crippen LogP contribution in [0.2, 0.25) is 0 Å². The number of aromatic nitrogens is 2. The number of amides is 1. The van der Waals surface area contributed by atoms with Crippen LogP contribution in [0.3, 0.4) is 0 Å². The van der Waals surface area contributed by atoms with Gasteiger partial charge in [0.2, 0.25) is 15.9 Å². The first kappa shape index (κ1) is 16.6. The van der Waals surface area contributed by atoms with Gasteiger partial charge in [-0.05, 0) is 18.2 Å². The standard InChI is InChI=1S/C15H17FN4O3S/c1-17-15(21)8-12-10-19(9-11-6-7-18-20(11)12)24(22,23)14-5-3-2-4-13(14)16/h2-7,12H,8-10H2,1H3,(H,17,21). The monoisotopic (exact) mass is 352 g/mol. The molecule has 0 bridgehead atoms. The van der Waals surface area contributed by atoms with E-state index in [0.717, 1.165) is 6.07 Å². The van der Waals surface area contributed by atoms with Crippen molar-refractivity contribution in [3.8, 4) is 0 Å². The Hall–Kier alpha value is -2.26. The summed E-state index contributed by atoms with van der Waals surface area (Å²) in [5, 5.41) is 6.70. The van der Waals surface area contributed by atoms with Gasteiger partial charge in [0.05, 0.1) is 24.7 Å². The first-order valence-electron chi connectivity index (χ1n) is 7.41. The second-order valence-corrected chi connectivity index (χ2v) is 7.43. The van der Waals surface area contributed by atoms with Crippen molar-refractivity contribution < 1.29 is 17.6 Å². The predicted octanol–water partition coefficient (Wildman–Crippen LogP) is 0.904. The predicted molar refractivity (Wildman–Crippen MR) is 83.9 cm³/mol. The number of carbonyl (C=O) groups is 1. The Labute approximate surface area is 139 Å². The van der Waals surface area contributed by atoms with Gasteiger partial charge in [-0.25, -0.2) is 12.8 Å². The van der Waals surface area contributed by atoms with Crippen LogP contribution < -0.4 is 5.32 Å². The highest BCUT2D eigenvalue weighted by atomic mass is 32.2. The van der Waals surface area contributed by atoms with Gasteiger partial charge in [0, 0.05) is 19.8 Å². The van der Waals surface area contributed by atoms with Crippen molar-refractivity contribution in [3.63, 3.8) is 0 Å². The fourth-order valence-corrected chi connectivity index (χ4v) is 4.31. The van der Waals surface area contributed by atoms with Crippen LogP contribution in [0.5, 0.6) is 0 Å². The molecule has 1 aromatic heterocycles. The molecular formula is C15H17FN4O3S. The normalized spacial score (nSPS) is 18.2. The molecule has 0 aliphatic carbocycles. The molecule has 0 fully saturated rings. The van der Waals surface area contributed by atoms with Crippen LogP contribution in [0.15, 0.2) is 41.4 Å². The molecule has 1 N–H and O–H groups in total. The van der Waals surface area contributed by atoms with Crippen LogP contribution in [-0.2, 0) is 21.4 Å². The van der Waals surface area contributed by atoms with Crippen molar-refractivity contribution in [2.75, 3.05) is 13.6 Å². The Balaban J connectivity index is 1.96. The third-order valence-electron chi connectivity index (χ3n) is 4.01. The molecule has 0 radical (unpaired) electrons. The average Bonchev–Trinajstić information content (AvgIpc) is 3.03. The molecule has 2 aromatic rings. The third kappa shape index (κ3) is 2.92. The number of hydrogen-bond donors (Lipinski definition) is 1. The lowest BCUT2D eigenvalue weighted by molar-refractivity contribution is -0.121. The number of halogens is 1. The Kier molecular flexibility index (Phi) is 4.37. The molecule has 7 nitrogen and oxygen atoms in total. The molecule has 3 rings (SSSR count). The molecule has 24 heavy (non-hydrogen) atoms. The first-order chi connectivity index (χ1) is 11.4.